The SMILES string of the molecule is COc1ccc(CC(=O)N(Cc2ccc(C)cc2)[C@H](Cc2ccccc2)C(=O)NC(C)(C)C)cc1. The Balaban J connectivity index is 1.96. The van der Waals surface area contributed by atoms with Gasteiger partial charge in [0.25, 0.3) is 0 Å². The van der Waals surface area contributed by atoms with Gasteiger partial charge in [0.1, 0.15) is 11.8 Å². The number of methoxy groups -OCH3 is 1. The molecule has 3 aromatic carbocycles. The highest BCUT2D eigenvalue weighted by Crippen LogP contribution is 2.19. The molecule has 5 nitrogen and oxygen atoms in total. The first-order chi connectivity index (χ1) is 16.6. The molecule has 0 saturated carbocycles. The van der Waals surface area contributed by atoms with Gasteiger partial charge in [-0.2, -0.15) is 0 Å². The van der Waals surface area contributed by atoms with Crippen LogP contribution in [0.2, 0.25) is 0 Å². The van der Waals surface area contributed by atoms with E-state index in [9.17, 15) is 9.59 Å². The van der Waals surface area contributed by atoms with Crippen molar-refractivity contribution in [1.82, 2.24) is 10.2 Å². The van der Waals surface area contributed by atoms with Crippen LogP contribution < -0.4 is 10.1 Å². The molecule has 3 rings (SSSR count). The van der Waals surface area contributed by atoms with Gasteiger partial charge in [0.05, 0.1) is 13.5 Å². The van der Waals surface area contributed by atoms with Gasteiger partial charge in [0, 0.05) is 18.5 Å². The number of carbonyl (C=O) groups is 2. The summed E-state index contributed by atoms with van der Waals surface area (Å²) in [6, 6.07) is 24.8. The van der Waals surface area contributed by atoms with Gasteiger partial charge >= 0.3 is 0 Å². The molecule has 0 aromatic heterocycles. The quantitative estimate of drug-likeness (QED) is 0.471. The minimum absolute atomic E-state index is 0.0965. The second-order valence-corrected chi connectivity index (χ2v) is 9.98. The lowest BCUT2D eigenvalue weighted by Crippen LogP contribution is -2.54. The molecule has 0 aliphatic heterocycles. The summed E-state index contributed by atoms with van der Waals surface area (Å²) in [5.41, 5.74) is 3.60. The minimum atomic E-state index is -0.649. The predicted octanol–water partition coefficient (Wildman–Crippen LogP) is 5.10. The van der Waals surface area contributed by atoms with E-state index in [2.05, 4.69) is 5.32 Å². The number of hydrogen-bond donors (Lipinski definition) is 1. The summed E-state index contributed by atoms with van der Waals surface area (Å²) in [4.78, 5) is 29.0. The van der Waals surface area contributed by atoms with E-state index in [1.807, 2.05) is 107 Å². The van der Waals surface area contributed by atoms with Gasteiger partial charge in [-0.3, -0.25) is 9.59 Å². The van der Waals surface area contributed by atoms with E-state index in [0.29, 0.717) is 13.0 Å². The molecule has 0 unspecified atom stereocenters. The molecule has 0 fully saturated rings. The largest absolute Gasteiger partial charge is 0.497 e. The fourth-order valence-electron chi connectivity index (χ4n) is 3.92. The third-order valence-corrected chi connectivity index (χ3v) is 5.76. The number of benzene rings is 3. The van der Waals surface area contributed by atoms with Crippen molar-refractivity contribution in [2.45, 2.75) is 58.7 Å². The topological polar surface area (TPSA) is 58.6 Å². The molecule has 0 saturated heterocycles. The van der Waals surface area contributed by atoms with Gasteiger partial charge in [-0.05, 0) is 56.5 Å². The van der Waals surface area contributed by atoms with E-state index in [1.54, 1.807) is 12.0 Å². The summed E-state index contributed by atoms with van der Waals surface area (Å²) in [5.74, 6) is 0.487. The molecule has 1 atom stereocenters. The van der Waals surface area contributed by atoms with E-state index >= 15 is 0 Å². The first-order valence-corrected chi connectivity index (χ1v) is 12.0. The smallest absolute Gasteiger partial charge is 0.243 e. The zero-order valence-corrected chi connectivity index (χ0v) is 21.4. The Morgan fingerprint density at radius 1 is 0.857 bits per heavy atom. The summed E-state index contributed by atoms with van der Waals surface area (Å²) in [5, 5.41) is 3.10. The number of carbonyl (C=O) groups excluding carboxylic acids is 2. The molecule has 5 heteroatoms. The standard InChI is InChI=1S/C30H36N2O3/c1-22-11-13-25(14-12-22)21-32(28(33)20-24-15-17-26(35-5)18-16-24)27(29(34)31-30(2,3)4)19-23-9-7-6-8-10-23/h6-18,27H,19-21H2,1-5H3,(H,31,34)/t27-/m1/s1. The highest BCUT2D eigenvalue weighted by molar-refractivity contribution is 5.89. The van der Waals surface area contributed by atoms with Crippen LogP contribution in [0.15, 0.2) is 78.9 Å². The lowest BCUT2D eigenvalue weighted by molar-refractivity contribution is -0.141. The van der Waals surface area contributed by atoms with Crippen molar-refractivity contribution in [3.05, 3.63) is 101 Å². The molecule has 0 aliphatic carbocycles. The van der Waals surface area contributed by atoms with E-state index in [-0.39, 0.29) is 18.2 Å². The molecule has 1 N–H and O–H groups in total. The van der Waals surface area contributed by atoms with Crippen molar-refractivity contribution in [2.75, 3.05) is 7.11 Å². The Hall–Kier alpha value is -3.60. The van der Waals surface area contributed by atoms with Crippen LogP contribution >= 0.6 is 0 Å². The lowest BCUT2D eigenvalue weighted by atomic mass is 9.99. The molecule has 35 heavy (non-hydrogen) atoms. The third-order valence-electron chi connectivity index (χ3n) is 5.76. The maximum Gasteiger partial charge on any atom is 0.243 e. The van der Waals surface area contributed by atoms with E-state index in [1.165, 1.54) is 0 Å². The molecular weight excluding hydrogens is 436 g/mol. The van der Waals surface area contributed by atoms with E-state index < -0.39 is 11.6 Å². The van der Waals surface area contributed by atoms with Crippen molar-refractivity contribution in [2.24, 2.45) is 0 Å². The predicted molar refractivity (Wildman–Crippen MR) is 140 cm³/mol. The maximum atomic E-state index is 13.8. The van der Waals surface area contributed by atoms with Crippen molar-refractivity contribution in [3.63, 3.8) is 0 Å². The minimum Gasteiger partial charge on any atom is -0.497 e. The van der Waals surface area contributed by atoms with Gasteiger partial charge in [-0.25, -0.2) is 0 Å². The van der Waals surface area contributed by atoms with Crippen LogP contribution in [-0.2, 0) is 29.0 Å². The molecule has 2 amide bonds. The van der Waals surface area contributed by atoms with Crippen LogP contribution in [0.4, 0.5) is 0 Å². The number of hydrogen-bond acceptors (Lipinski definition) is 3. The molecule has 0 bridgehead atoms. The zero-order valence-electron chi connectivity index (χ0n) is 21.4. The Morgan fingerprint density at radius 2 is 1.46 bits per heavy atom. The van der Waals surface area contributed by atoms with E-state index in [0.717, 1.165) is 28.0 Å². The highest BCUT2D eigenvalue weighted by atomic mass is 16.5. The second kappa shape index (κ2) is 11.7. The third kappa shape index (κ3) is 7.99. The maximum absolute atomic E-state index is 13.8. The fraction of sp³-hybridized carbons (Fsp3) is 0.333. The summed E-state index contributed by atoms with van der Waals surface area (Å²) in [7, 11) is 1.62. The number of amides is 2. The molecule has 0 aliphatic rings. The Morgan fingerprint density at radius 3 is 2.03 bits per heavy atom. The lowest BCUT2D eigenvalue weighted by Gasteiger charge is -2.34. The molecule has 0 spiro atoms. The van der Waals surface area contributed by atoms with Crippen LogP contribution in [0.25, 0.3) is 0 Å². The first-order valence-electron chi connectivity index (χ1n) is 12.0. The van der Waals surface area contributed by atoms with Crippen LogP contribution in [0.1, 0.15) is 43.0 Å². The molecule has 184 valence electrons. The number of nitrogens with one attached hydrogen (secondary N) is 1. The van der Waals surface area contributed by atoms with Gasteiger partial charge in [-0.15, -0.1) is 0 Å². The van der Waals surface area contributed by atoms with Crippen LogP contribution in [0.3, 0.4) is 0 Å². The highest BCUT2D eigenvalue weighted by Gasteiger charge is 2.32. The van der Waals surface area contributed by atoms with Gasteiger partial charge in [0.2, 0.25) is 11.8 Å². The summed E-state index contributed by atoms with van der Waals surface area (Å²) < 4.78 is 5.24. The van der Waals surface area contributed by atoms with Crippen LogP contribution in [0, 0.1) is 6.92 Å². The fourth-order valence-corrected chi connectivity index (χ4v) is 3.92. The van der Waals surface area contributed by atoms with Crippen molar-refractivity contribution < 1.29 is 14.3 Å². The number of ether oxygens (including phenoxy) is 1. The average molecular weight is 473 g/mol. The molecule has 0 radical (unpaired) electrons. The zero-order chi connectivity index (χ0) is 25.4. The Bertz CT molecular complexity index is 1100. The summed E-state index contributed by atoms with van der Waals surface area (Å²) in [6.07, 6.45) is 0.632. The van der Waals surface area contributed by atoms with Crippen LogP contribution in [-0.4, -0.2) is 35.4 Å². The van der Waals surface area contributed by atoms with Crippen LogP contribution in [0.5, 0.6) is 5.75 Å². The normalized spacial score (nSPS) is 12.0. The van der Waals surface area contributed by atoms with Gasteiger partial charge in [-0.1, -0.05) is 72.3 Å². The number of aryl methyl sites for hydroxylation is 1. The Kier molecular flexibility index (Phi) is 8.69. The number of rotatable bonds is 9. The summed E-state index contributed by atoms with van der Waals surface area (Å²) >= 11 is 0. The number of nitrogens with zero attached hydrogens (tertiary/aromatic N) is 1. The monoisotopic (exact) mass is 472 g/mol. The molecule has 3 aromatic rings. The van der Waals surface area contributed by atoms with Gasteiger partial charge in [0.15, 0.2) is 0 Å². The molecular formula is C30H36N2O3. The molecule has 0 heterocycles. The van der Waals surface area contributed by atoms with E-state index in [4.69, 9.17) is 4.74 Å². The Labute approximate surface area is 209 Å². The second-order valence-electron chi connectivity index (χ2n) is 9.98. The first kappa shape index (κ1) is 26.0. The average Bonchev–Trinajstić information content (AvgIpc) is 2.82. The van der Waals surface area contributed by atoms with Crippen molar-refractivity contribution in [3.8, 4) is 5.75 Å². The summed E-state index contributed by atoms with van der Waals surface area (Å²) in [6.45, 7) is 8.24. The van der Waals surface area contributed by atoms with Crippen molar-refractivity contribution >= 4 is 11.8 Å². The van der Waals surface area contributed by atoms with Gasteiger partial charge < -0.3 is 15.0 Å². The van der Waals surface area contributed by atoms with Crippen molar-refractivity contribution in [1.29, 1.82) is 0 Å².